The van der Waals surface area contributed by atoms with Crippen LogP contribution < -0.4 is 4.74 Å². The van der Waals surface area contributed by atoms with Gasteiger partial charge in [0, 0.05) is 5.92 Å². The van der Waals surface area contributed by atoms with E-state index in [1.807, 2.05) is 18.2 Å². The van der Waals surface area contributed by atoms with Gasteiger partial charge in [-0.05, 0) is 59.2 Å². The predicted octanol–water partition coefficient (Wildman–Crippen LogP) is 6.48. The Kier molecular flexibility index (Phi) is 6.51. The summed E-state index contributed by atoms with van der Waals surface area (Å²) in [5, 5.41) is 2.26. The highest BCUT2D eigenvalue weighted by Gasteiger charge is 2.46. The van der Waals surface area contributed by atoms with Crippen LogP contribution in [0.3, 0.4) is 0 Å². The summed E-state index contributed by atoms with van der Waals surface area (Å²) in [5.74, 6) is 1.97. The van der Waals surface area contributed by atoms with Crippen molar-refractivity contribution >= 4 is 23.0 Å². The van der Waals surface area contributed by atoms with Crippen LogP contribution in [-0.4, -0.2) is 26.0 Å². The van der Waals surface area contributed by atoms with Gasteiger partial charge in [0.15, 0.2) is 0 Å². The van der Waals surface area contributed by atoms with Gasteiger partial charge < -0.3 is 14.2 Å². The molecule has 0 bridgehead atoms. The van der Waals surface area contributed by atoms with Crippen LogP contribution in [0.4, 0.5) is 4.79 Å². The second-order valence-electron chi connectivity index (χ2n) is 8.52. The van der Waals surface area contributed by atoms with E-state index in [9.17, 15) is 4.79 Å². The first-order chi connectivity index (χ1) is 13.9. The Morgan fingerprint density at radius 1 is 1.17 bits per heavy atom. The van der Waals surface area contributed by atoms with Gasteiger partial charge >= 0.3 is 6.16 Å². The van der Waals surface area contributed by atoms with Crippen LogP contribution in [0.5, 0.6) is 5.75 Å². The number of rotatable bonds is 5. The van der Waals surface area contributed by atoms with Gasteiger partial charge in [-0.1, -0.05) is 57.5 Å². The molecule has 0 aliphatic heterocycles. The Bertz CT molecular complexity index is 886. The molecule has 1 aliphatic rings. The third kappa shape index (κ3) is 4.58. The maximum Gasteiger partial charge on any atom is 0.508 e. The van der Waals surface area contributed by atoms with Gasteiger partial charge in [-0.15, -0.1) is 0 Å². The number of hydrogen-bond donors (Lipinski definition) is 0. The van der Waals surface area contributed by atoms with E-state index in [-0.39, 0.29) is 5.92 Å². The van der Waals surface area contributed by atoms with Gasteiger partial charge in [0.05, 0.1) is 14.2 Å². The molecule has 1 fully saturated rings. The lowest BCUT2D eigenvalue weighted by atomic mass is 9.66. The topological polar surface area (TPSA) is 44.8 Å². The van der Waals surface area contributed by atoms with Gasteiger partial charge in [-0.3, -0.25) is 0 Å². The predicted molar refractivity (Wildman–Crippen MR) is 117 cm³/mol. The molecule has 1 aliphatic carbocycles. The SMILES string of the molecule is COC(=O)O[C@@]1(/C=C/c2cccc3cc(OC)ccc23)C[C@H](C)CC[C@H]1C(C)C. The second-order valence-corrected chi connectivity index (χ2v) is 8.52. The minimum Gasteiger partial charge on any atom is -0.497 e. The Labute approximate surface area is 173 Å². The third-order valence-corrected chi connectivity index (χ3v) is 6.18. The molecule has 3 atom stereocenters. The molecule has 29 heavy (non-hydrogen) atoms. The van der Waals surface area contributed by atoms with Crippen molar-refractivity contribution in [3.05, 3.63) is 48.0 Å². The Hall–Kier alpha value is -2.49. The highest BCUT2D eigenvalue weighted by atomic mass is 16.7. The minimum atomic E-state index is -0.659. The van der Waals surface area contributed by atoms with Gasteiger partial charge in [0.1, 0.15) is 11.4 Å². The van der Waals surface area contributed by atoms with E-state index in [1.165, 1.54) is 7.11 Å². The summed E-state index contributed by atoms with van der Waals surface area (Å²) >= 11 is 0. The Morgan fingerprint density at radius 2 is 1.97 bits per heavy atom. The molecular formula is C25H32O4. The number of benzene rings is 2. The van der Waals surface area contributed by atoms with Crippen LogP contribution >= 0.6 is 0 Å². The molecule has 0 heterocycles. The third-order valence-electron chi connectivity index (χ3n) is 6.18. The van der Waals surface area contributed by atoms with E-state index >= 15 is 0 Å². The Morgan fingerprint density at radius 3 is 2.66 bits per heavy atom. The molecular weight excluding hydrogens is 364 g/mol. The van der Waals surface area contributed by atoms with Crippen LogP contribution in [0.15, 0.2) is 42.5 Å². The van der Waals surface area contributed by atoms with E-state index in [1.54, 1.807) is 7.11 Å². The van der Waals surface area contributed by atoms with Crippen molar-refractivity contribution in [1.82, 2.24) is 0 Å². The van der Waals surface area contributed by atoms with Crippen molar-refractivity contribution < 1.29 is 19.0 Å². The van der Waals surface area contributed by atoms with E-state index in [0.717, 1.165) is 41.3 Å². The van der Waals surface area contributed by atoms with Gasteiger partial charge in [0.2, 0.25) is 0 Å². The standard InChI is InChI=1S/C25H32O4/c1-17(2)23-12-9-18(3)16-25(23,29-24(26)28-5)14-13-19-7-6-8-20-15-21(27-4)10-11-22(19)20/h6-8,10-11,13-15,17-18,23H,9,12,16H2,1-5H3/b14-13+/t18-,23+,25+/m1/s1. The van der Waals surface area contributed by atoms with Crippen molar-refractivity contribution in [2.24, 2.45) is 17.8 Å². The van der Waals surface area contributed by atoms with Crippen LogP contribution in [0.1, 0.15) is 45.6 Å². The Balaban J connectivity index is 2.04. The molecule has 156 valence electrons. The number of fused-ring (bicyclic) bond motifs is 1. The molecule has 2 aromatic rings. The number of hydrogen-bond acceptors (Lipinski definition) is 4. The number of carbonyl (C=O) groups is 1. The molecule has 4 nitrogen and oxygen atoms in total. The maximum absolute atomic E-state index is 12.2. The molecule has 0 amide bonds. The zero-order valence-electron chi connectivity index (χ0n) is 18.1. The zero-order valence-corrected chi connectivity index (χ0v) is 18.1. The molecule has 2 aromatic carbocycles. The average Bonchev–Trinajstić information content (AvgIpc) is 2.71. The van der Waals surface area contributed by atoms with Crippen molar-refractivity contribution in [2.75, 3.05) is 14.2 Å². The van der Waals surface area contributed by atoms with Crippen LogP contribution in [0.25, 0.3) is 16.8 Å². The van der Waals surface area contributed by atoms with E-state index in [2.05, 4.69) is 51.1 Å². The molecule has 0 N–H and O–H groups in total. The van der Waals surface area contributed by atoms with Crippen molar-refractivity contribution in [3.8, 4) is 5.75 Å². The summed E-state index contributed by atoms with van der Waals surface area (Å²) in [5.41, 5.74) is 0.437. The molecule has 0 aromatic heterocycles. The fraction of sp³-hybridized carbons (Fsp3) is 0.480. The molecule has 4 heteroatoms. The summed E-state index contributed by atoms with van der Waals surface area (Å²) in [7, 11) is 3.05. The number of carbonyl (C=O) groups excluding carboxylic acids is 1. The average molecular weight is 397 g/mol. The first kappa shape index (κ1) is 21.2. The monoisotopic (exact) mass is 396 g/mol. The summed E-state index contributed by atoms with van der Waals surface area (Å²) in [6.45, 7) is 6.63. The summed E-state index contributed by atoms with van der Waals surface area (Å²) in [4.78, 5) is 12.2. The van der Waals surface area contributed by atoms with E-state index in [0.29, 0.717) is 11.8 Å². The lowest BCUT2D eigenvalue weighted by Gasteiger charge is -2.45. The molecule has 3 rings (SSSR count). The quantitative estimate of drug-likeness (QED) is 0.543. The normalized spacial score (nSPS) is 24.8. The zero-order chi connectivity index (χ0) is 21.0. The highest BCUT2D eigenvalue weighted by Crippen LogP contribution is 2.45. The van der Waals surface area contributed by atoms with E-state index in [4.69, 9.17) is 14.2 Å². The van der Waals surface area contributed by atoms with Gasteiger partial charge in [-0.25, -0.2) is 4.79 Å². The molecule has 0 spiro atoms. The fourth-order valence-electron chi connectivity index (χ4n) is 4.73. The molecule has 0 unspecified atom stereocenters. The summed E-state index contributed by atoms with van der Waals surface area (Å²) < 4.78 is 16.2. The molecule has 1 saturated carbocycles. The number of ether oxygens (including phenoxy) is 3. The highest BCUT2D eigenvalue weighted by molar-refractivity contribution is 5.91. The lowest BCUT2D eigenvalue weighted by Crippen LogP contribution is -2.47. The van der Waals surface area contributed by atoms with E-state index < -0.39 is 11.8 Å². The first-order valence-electron chi connectivity index (χ1n) is 10.4. The summed E-state index contributed by atoms with van der Waals surface area (Å²) in [6, 6.07) is 12.3. The van der Waals surface area contributed by atoms with Crippen LogP contribution in [0.2, 0.25) is 0 Å². The fourth-order valence-corrected chi connectivity index (χ4v) is 4.73. The first-order valence-corrected chi connectivity index (χ1v) is 10.4. The summed E-state index contributed by atoms with van der Waals surface area (Å²) in [6.07, 6.45) is 6.58. The maximum atomic E-state index is 12.2. The molecule has 0 radical (unpaired) electrons. The second kappa shape index (κ2) is 8.89. The van der Waals surface area contributed by atoms with Crippen molar-refractivity contribution in [2.45, 2.75) is 45.6 Å². The number of methoxy groups -OCH3 is 2. The van der Waals surface area contributed by atoms with Crippen LogP contribution in [0, 0.1) is 17.8 Å². The largest absolute Gasteiger partial charge is 0.508 e. The van der Waals surface area contributed by atoms with Gasteiger partial charge in [-0.2, -0.15) is 0 Å². The minimum absolute atomic E-state index is 0.254. The van der Waals surface area contributed by atoms with Crippen LogP contribution in [-0.2, 0) is 9.47 Å². The smallest absolute Gasteiger partial charge is 0.497 e. The van der Waals surface area contributed by atoms with Crippen molar-refractivity contribution in [3.63, 3.8) is 0 Å². The molecule has 0 saturated heterocycles. The van der Waals surface area contributed by atoms with Crippen molar-refractivity contribution in [1.29, 1.82) is 0 Å². The van der Waals surface area contributed by atoms with Gasteiger partial charge in [0.25, 0.3) is 0 Å². The lowest BCUT2D eigenvalue weighted by molar-refractivity contribution is -0.0746.